The third kappa shape index (κ3) is 3.78. The summed E-state index contributed by atoms with van der Waals surface area (Å²) in [6, 6.07) is 20.9. The number of aryl methyl sites for hydroxylation is 1. The second-order valence-electron chi connectivity index (χ2n) is 7.84. The number of nitrogens with one attached hydrogen (secondary N) is 1. The Morgan fingerprint density at radius 3 is 2.56 bits per heavy atom. The van der Waals surface area contributed by atoms with Gasteiger partial charge in [-0.25, -0.2) is 9.59 Å². The first kappa shape index (κ1) is 19.8. The van der Waals surface area contributed by atoms with E-state index in [1.54, 1.807) is 42.5 Å². The van der Waals surface area contributed by atoms with Crippen LogP contribution in [0.25, 0.3) is 11.0 Å². The molecule has 0 spiro atoms. The maximum absolute atomic E-state index is 12.9. The van der Waals surface area contributed by atoms with Crippen molar-refractivity contribution in [2.24, 2.45) is 0 Å². The Balaban J connectivity index is 1.39. The molecule has 4 aromatic rings. The van der Waals surface area contributed by atoms with E-state index < -0.39 is 5.63 Å². The monoisotopic (exact) mass is 425 g/mol. The summed E-state index contributed by atoms with van der Waals surface area (Å²) < 4.78 is 10.7. The van der Waals surface area contributed by atoms with Gasteiger partial charge in [-0.05, 0) is 60.5 Å². The van der Waals surface area contributed by atoms with Gasteiger partial charge in [0.1, 0.15) is 11.7 Å². The van der Waals surface area contributed by atoms with E-state index in [4.69, 9.17) is 9.15 Å². The van der Waals surface area contributed by atoms with Crippen molar-refractivity contribution in [2.75, 3.05) is 5.32 Å². The zero-order valence-electron chi connectivity index (χ0n) is 17.3. The highest BCUT2D eigenvalue weighted by molar-refractivity contribution is 6.06. The molecule has 2 heterocycles. The largest absolute Gasteiger partial charge is 0.454 e. The van der Waals surface area contributed by atoms with Crippen molar-refractivity contribution in [3.05, 3.63) is 111 Å². The Morgan fingerprint density at radius 2 is 1.75 bits per heavy atom. The number of carbonyl (C=O) groups is 2. The summed E-state index contributed by atoms with van der Waals surface area (Å²) in [5, 5.41) is 3.56. The third-order valence-corrected chi connectivity index (χ3v) is 5.57. The molecule has 5 rings (SSSR count). The van der Waals surface area contributed by atoms with Crippen molar-refractivity contribution in [3.63, 3.8) is 0 Å². The van der Waals surface area contributed by atoms with E-state index in [1.165, 1.54) is 6.07 Å². The van der Waals surface area contributed by atoms with Gasteiger partial charge in [-0.3, -0.25) is 4.79 Å². The lowest BCUT2D eigenvalue weighted by Crippen LogP contribution is -2.23. The Labute approximate surface area is 183 Å². The number of fused-ring (bicyclic) bond motifs is 2. The fourth-order valence-corrected chi connectivity index (χ4v) is 3.86. The van der Waals surface area contributed by atoms with Crippen LogP contribution in [0, 0.1) is 6.92 Å². The van der Waals surface area contributed by atoms with Crippen molar-refractivity contribution in [3.8, 4) is 0 Å². The minimum absolute atomic E-state index is 0.296. The minimum Gasteiger partial charge on any atom is -0.454 e. The summed E-state index contributed by atoms with van der Waals surface area (Å²) in [6.07, 6.45) is 0.115. The highest BCUT2D eigenvalue weighted by Crippen LogP contribution is 2.31. The highest BCUT2D eigenvalue weighted by Gasteiger charge is 2.28. The Hall–Kier alpha value is -4.19. The van der Waals surface area contributed by atoms with E-state index in [9.17, 15) is 14.4 Å². The molecule has 1 aromatic heterocycles. The second-order valence-corrected chi connectivity index (χ2v) is 7.84. The van der Waals surface area contributed by atoms with Crippen LogP contribution in [0.3, 0.4) is 0 Å². The summed E-state index contributed by atoms with van der Waals surface area (Å²) in [5.74, 6) is -0.685. The summed E-state index contributed by atoms with van der Waals surface area (Å²) in [7, 11) is 0. The van der Waals surface area contributed by atoms with Crippen molar-refractivity contribution in [1.29, 1.82) is 0 Å². The fraction of sp³-hybridized carbons (Fsp3) is 0.115. The zero-order chi connectivity index (χ0) is 22.2. The third-order valence-electron chi connectivity index (χ3n) is 5.57. The van der Waals surface area contributed by atoms with E-state index >= 15 is 0 Å². The lowest BCUT2D eigenvalue weighted by molar-refractivity contribution is 0.0252. The summed E-state index contributed by atoms with van der Waals surface area (Å²) in [5.41, 5.74) is 4.35. The fourth-order valence-electron chi connectivity index (χ4n) is 3.86. The van der Waals surface area contributed by atoms with Gasteiger partial charge in [0.2, 0.25) is 0 Å². The number of rotatable bonds is 3. The first-order valence-electron chi connectivity index (χ1n) is 10.2. The molecule has 158 valence electrons. The van der Waals surface area contributed by atoms with Crippen LogP contribution in [0.2, 0.25) is 0 Å². The van der Waals surface area contributed by atoms with E-state index in [1.807, 2.05) is 31.2 Å². The number of hydrogen-bond acceptors (Lipinski definition) is 5. The van der Waals surface area contributed by atoms with Gasteiger partial charge < -0.3 is 14.5 Å². The van der Waals surface area contributed by atoms with E-state index in [0.29, 0.717) is 34.2 Å². The number of benzene rings is 3. The van der Waals surface area contributed by atoms with Gasteiger partial charge in [0, 0.05) is 29.1 Å². The first-order valence-corrected chi connectivity index (χ1v) is 10.2. The molecular formula is C26H19NO5. The van der Waals surface area contributed by atoms with Crippen LogP contribution in [0.15, 0.2) is 82.0 Å². The summed E-state index contributed by atoms with van der Waals surface area (Å²) in [6.45, 7) is 2.00. The van der Waals surface area contributed by atoms with Crippen LogP contribution in [0.5, 0.6) is 0 Å². The number of ether oxygens (including phenoxy) is 1. The van der Waals surface area contributed by atoms with Gasteiger partial charge in [0.25, 0.3) is 5.91 Å². The molecule has 1 aliphatic heterocycles. The van der Waals surface area contributed by atoms with Gasteiger partial charge in [-0.15, -0.1) is 0 Å². The quantitative estimate of drug-likeness (QED) is 0.376. The summed E-state index contributed by atoms with van der Waals surface area (Å²) >= 11 is 0. The number of carbonyl (C=O) groups excluding carboxylic acids is 2. The van der Waals surface area contributed by atoms with Crippen LogP contribution >= 0.6 is 0 Å². The molecule has 1 aliphatic rings. The van der Waals surface area contributed by atoms with Gasteiger partial charge in [-0.1, -0.05) is 29.8 Å². The molecule has 0 radical (unpaired) electrons. The van der Waals surface area contributed by atoms with Crippen LogP contribution < -0.4 is 10.9 Å². The molecule has 1 amide bonds. The molecule has 0 saturated carbocycles. The van der Waals surface area contributed by atoms with Crippen molar-refractivity contribution in [2.45, 2.75) is 19.4 Å². The molecule has 0 aliphatic carbocycles. The molecule has 6 heteroatoms. The highest BCUT2D eigenvalue weighted by atomic mass is 16.5. The van der Waals surface area contributed by atoms with Gasteiger partial charge in [0.15, 0.2) is 0 Å². The predicted molar refractivity (Wildman–Crippen MR) is 120 cm³/mol. The second kappa shape index (κ2) is 7.81. The van der Waals surface area contributed by atoms with Crippen molar-refractivity contribution >= 4 is 28.5 Å². The number of amides is 1. The Kier molecular flexibility index (Phi) is 4.82. The normalized spacial score (nSPS) is 15.2. The predicted octanol–water partition coefficient (Wildman–Crippen LogP) is 4.81. The summed E-state index contributed by atoms with van der Waals surface area (Å²) in [4.78, 5) is 36.7. The Bertz CT molecular complexity index is 1420. The van der Waals surface area contributed by atoms with E-state index in [0.717, 1.165) is 16.7 Å². The maximum Gasteiger partial charge on any atom is 0.339 e. The van der Waals surface area contributed by atoms with Crippen LogP contribution in [0.4, 0.5) is 5.69 Å². The average Bonchev–Trinajstić information content (AvgIpc) is 2.79. The van der Waals surface area contributed by atoms with E-state index in [2.05, 4.69) is 5.32 Å². The number of cyclic esters (lactones) is 1. The van der Waals surface area contributed by atoms with Crippen LogP contribution in [-0.2, 0) is 11.2 Å². The smallest absolute Gasteiger partial charge is 0.339 e. The zero-order valence-corrected chi connectivity index (χ0v) is 17.3. The average molecular weight is 425 g/mol. The minimum atomic E-state index is -0.425. The number of esters is 1. The standard InChI is InChI=1S/C26H19NO5/c1-15-2-4-16(5-3-15)23-14-19-12-18(6-9-21(19)26(30)32-23)25(29)27-20-8-10-22-17(13-20)7-11-24(28)31-22/h2-13,23H,14H2,1H3,(H,27,29)/t23-/m1/s1. The van der Waals surface area contributed by atoms with Crippen molar-refractivity contribution in [1.82, 2.24) is 0 Å². The lowest BCUT2D eigenvalue weighted by Gasteiger charge is -2.25. The number of hydrogen-bond donors (Lipinski definition) is 1. The molecule has 0 saturated heterocycles. The first-order chi connectivity index (χ1) is 15.5. The van der Waals surface area contributed by atoms with Gasteiger partial charge in [-0.2, -0.15) is 0 Å². The molecule has 0 fully saturated rings. The topological polar surface area (TPSA) is 85.6 Å². The molecule has 32 heavy (non-hydrogen) atoms. The van der Waals surface area contributed by atoms with Crippen LogP contribution in [-0.4, -0.2) is 11.9 Å². The van der Waals surface area contributed by atoms with Crippen molar-refractivity contribution < 1.29 is 18.7 Å². The molecule has 6 nitrogen and oxygen atoms in total. The lowest BCUT2D eigenvalue weighted by atomic mass is 9.92. The van der Waals surface area contributed by atoms with Crippen LogP contribution in [0.1, 0.15) is 43.5 Å². The molecule has 1 atom stereocenters. The Morgan fingerprint density at radius 1 is 0.938 bits per heavy atom. The molecule has 3 aromatic carbocycles. The number of anilines is 1. The van der Waals surface area contributed by atoms with Gasteiger partial charge >= 0.3 is 11.6 Å². The van der Waals surface area contributed by atoms with Gasteiger partial charge in [0.05, 0.1) is 5.56 Å². The maximum atomic E-state index is 12.9. The molecule has 0 bridgehead atoms. The molecule has 0 unspecified atom stereocenters. The van der Waals surface area contributed by atoms with E-state index in [-0.39, 0.29) is 18.0 Å². The molecular weight excluding hydrogens is 406 g/mol. The SMILES string of the molecule is Cc1ccc([C@H]2Cc3cc(C(=O)Nc4ccc5oc(=O)ccc5c4)ccc3C(=O)O2)cc1. The molecule has 1 N–H and O–H groups in total.